The summed E-state index contributed by atoms with van der Waals surface area (Å²) < 4.78 is 6.74. The molecule has 0 amide bonds. The first-order valence-corrected chi connectivity index (χ1v) is 10.1. The van der Waals surface area contributed by atoms with Gasteiger partial charge in [0.15, 0.2) is 5.82 Å². The van der Waals surface area contributed by atoms with Crippen molar-refractivity contribution in [2.24, 2.45) is 0 Å². The summed E-state index contributed by atoms with van der Waals surface area (Å²) in [6.07, 6.45) is 5.42. The molecule has 1 fully saturated rings. The number of nitrogens with one attached hydrogen (secondary N) is 1. The van der Waals surface area contributed by atoms with Gasteiger partial charge in [0.2, 0.25) is 0 Å². The van der Waals surface area contributed by atoms with Crippen molar-refractivity contribution in [3.8, 4) is 0 Å². The van der Waals surface area contributed by atoms with Gasteiger partial charge in [-0.15, -0.1) is 10.2 Å². The maximum atomic E-state index is 6.74. The molecule has 0 bridgehead atoms. The van der Waals surface area contributed by atoms with Crippen molar-refractivity contribution in [1.82, 2.24) is 25.5 Å². The zero-order valence-electron chi connectivity index (χ0n) is 16.1. The Balaban J connectivity index is 1.46. The van der Waals surface area contributed by atoms with Gasteiger partial charge in [0.25, 0.3) is 0 Å². The van der Waals surface area contributed by atoms with E-state index in [1.54, 1.807) is 0 Å². The van der Waals surface area contributed by atoms with Gasteiger partial charge in [-0.3, -0.25) is 4.90 Å². The summed E-state index contributed by atoms with van der Waals surface area (Å²) in [7, 11) is 0. The van der Waals surface area contributed by atoms with E-state index >= 15 is 0 Å². The molecule has 4 rings (SSSR count). The fourth-order valence-corrected chi connectivity index (χ4v) is 3.86. The van der Waals surface area contributed by atoms with Crippen LogP contribution in [-0.2, 0) is 11.2 Å². The minimum Gasteiger partial charge on any atom is -0.350 e. The highest BCUT2D eigenvalue weighted by Gasteiger charge is 2.27. The van der Waals surface area contributed by atoms with Gasteiger partial charge in [0.05, 0.1) is 0 Å². The van der Waals surface area contributed by atoms with E-state index in [-0.39, 0.29) is 12.3 Å². The number of H-pyrrole nitrogens is 1. The van der Waals surface area contributed by atoms with Crippen molar-refractivity contribution in [2.75, 3.05) is 13.1 Å². The highest BCUT2D eigenvalue weighted by Crippen LogP contribution is 2.31. The Bertz CT molecular complexity index is 770. The zero-order valence-corrected chi connectivity index (χ0v) is 16.1. The lowest BCUT2D eigenvalue weighted by molar-refractivity contribution is -0.106. The second-order valence-electron chi connectivity index (χ2n) is 7.26. The second kappa shape index (κ2) is 9.57. The predicted molar refractivity (Wildman–Crippen MR) is 108 cm³/mol. The van der Waals surface area contributed by atoms with Crippen molar-refractivity contribution in [3.05, 3.63) is 77.6 Å². The molecule has 2 aromatic carbocycles. The number of tetrazole rings is 1. The molecule has 1 N–H and O–H groups in total. The maximum absolute atomic E-state index is 6.74. The van der Waals surface area contributed by atoms with E-state index in [4.69, 9.17) is 4.74 Å². The van der Waals surface area contributed by atoms with Gasteiger partial charge in [-0.05, 0) is 36.8 Å². The van der Waals surface area contributed by atoms with Crippen LogP contribution in [0.25, 0.3) is 0 Å². The first kappa shape index (κ1) is 18.8. The van der Waals surface area contributed by atoms with E-state index < -0.39 is 0 Å². The second-order valence-corrected chi connectivity index (χ2v) is 7.26. The van der Waals surface area contributed by atoms with Gasteiger partial charge in [0.1, 0.15) is 12.3 Å². The summed E-state index contributed by atoms with van der Waals surface area (Å²) in [4.78, 5) is 2.47. The fraction of sp³-hybridized carbons (Fsp3) is 0.409. The number of hydrogen-bond donors (Lipinski definition) is 1. The van der Waals surface area contributed by atoms with Crippen LogP contribution in [0.3, 0.4) is 0 Å². The van der Waals surface area contributed by atoms with Crippen LogP contribution in [0.2, 0.25) is 0 Å². The molecule has 1 unspecified atom stereocenters. The Kier molecular flexibility index (Phi) is 6.42. The molecule has 146 valence electrons. The zero-order chi connectivity index (χ0) is 19.0. The number of piperidine rings is 1. The molecule has 0 saturated carbocycles. The Labute approximate surface area is 165 Å². The van der Waals surface area contributed by atoms with Crippen LogP contribution in [0.1, 0.15) is 48.7 Å². The van der Waals surface area contributed by atoms with E-state index in [9.17, 15) is 0 Å². The van der Waals surface area contributed by atoms with Crippen LogP contribution >= 0.6 is 0 Å². The molecule has 0 radical (unpaired) electrons. The minimum atomic E-state index is -0.0507. The van der Waals surface area contributed by atoms with Crippen molar-refractivity contribution >= 4 is 0 Å². The van der Waals surface area contributed by atoms with Crippen LogP contribution in [0.4, 0.5) is 0 Å². The molecule has 1 aliphatic heterocycles. The molecule has 3 aromatic rings. The van der Waals surface area contributed by atoms with E-state index in [2.05, 4.69) is 86.2 Å². The molecular weight excluding hydrogens is 350 g/mol. The van der Waals surface area contributed by atoms with E-state index in [0.717, 1.165) is 38.2 Å². The van der Waals surface area contributed by atoms with E-state index in [1.807, 2.05) is 0 Å². The third-order valence-corrected chi connectivity index (χ3v) is 5.29. The number of aromatic amines is 1. The van der Waals surface area contributed by atoms with Crippen LogP contribution in [0, 0.1) is 0 Å². The topological polar surface area (TPSA) is 66.9 Å². The van der Waals surface area contributed by atoms with Crippen molar-refractivity contribution < 1.29 is 4.74 Å². The van der Waals surface area contributed by atoms with Crippen LogP contribution in [0.5, 0.6) is 0 Å². The largest absolute Gasteiger partial charge is 0.350 e. The summed E-state index contributed by atoms with van der Waals surface area (Å²) >= 11 is 0. The summed E-state index contributed by atoms with van der Waals surface area (Å²) in [6.45, 7) is 2.06. The molecule has 0 spiro atoms. The van der Waals surface area contributed by atoms with Crippen LogP contribution in [0.15, 0.2) is 60.7 Å². The third-order valence-electron chi connectivity index (χ3n) is 5.29. The number of rotatable bonds is 8. The van der Waals surface area contributed by atoms with Crippen molar-refractivity contribution in [1.29, 1.82) is 0 Å². The first-order valence-electron chi connectivity index (χ1n) is 10.1. The number of benzene rings is 2. The monoisotopic (exact) mass is 377 g/mol. The molecular formula is C22H27N5O. The summed E-state index contributed by atoms with van der Waals surface area (Å²) in [6, 6.07) is 21.0. The lowest BCUT2D eigenvalue weighted by atomic mass is 10.0. The molecule has 6 nitrogen and oxygen atoms in total. The maximum Gasteiger partial charge on any atom is 0.174 e. The lowest BCUT2D eigenvalue weighted by Gasteiger charge is -2.38. The molecule has 6 heteroatoms. The fourth-order valence-electron chi connectivity index (χ4n) is 3.86. The average Bonchev–Trinajstić information content (AvgIpc) is 3.28. The summed E-state index contributed by atoms with van der Waals surface area (Å²) in [5.74, 6) is 0.779. The van der Waals surface area contributed by atoms with E-state index in [1.165, 1.54) is 24.0 Å². The normalized spacial score (nSPS) is 17.8. The van der Waals surface area contributed by atoms with Gasteiger partial charge in [-0.2, -0.15) is 5.21 Å². The first-order chi connectivity index (χ1) is 13.9. The average molecular weight is 377 g/mol. The number of ether oxygens (including phenoxy) is 1. The Hall–Kier alpha value is -2.57. The van der Waals surface area contributed by atoms with Crippen LogP contribution in [-0.4, -0.2) is 44.8 Å². The van der Waals surface area contributed by atoms with Gasteiger partial charge < -0.3 is 4.74 Å². The quantitative estimate of drug-likeness (QED) is 0.648. The number of likely N-dealkylation sites (tertiary alicyclic amines) is 1. The highest BCUT2D eigenvalue weighted by atomic mass is 16.5. The predicted octanol–water partition coefficient (Wildman–Crippen LogP) is 3.75. The smallest absolute Gasteiger partial charge is 0.174 e. The Morgan fingerprint density at radius 2 is 1.71 bits per heavy atom. The van der Waals surface area contributed by atoms with Gasteiger partial charge in [-0.25, -0.2) is 0 Å². The molecule has 28 heavy (non-hydrogen) atoms. The molecule has 1 aliphatic rings. The number of hydrogen-bond acceptors (Lipinski definition) is 5. The molecule has 1 saturated heterocycles. The number of aromatic nitrogens is 4. The third kappa shape index (κ3) is 4.82. The van der Waals surface area contributed by atoms with Crippen molar-refractivity contribution in [2.45, 2.75) is 44.4 Å². The minimum absolute atomic E-state index is 0.0507. The van der Waals surface area contributed by atoms with Gasteiger partial charge in [0, 0.05) is 19.5 Å². The van der Waals surface area contributed by atoms with Gasteiger partial charge >= 0.3 is 0 Å². The number of aryl methyl sites for hydroxylation is 1. The van der Waals surface area contributed by atoms with Crippen molar-refractivity contribution in [3.63, 3.8) is 0 Å². The molecule has 1 aromatic heterocycles. The Morgan fingerprint density at radius 1 is 1.00 bits per heavy atom. The molecule has 0 aliphatic carbocycles. The summed E-state index contributed by atoms with van der Waals surface area (Å²) in [5.41, 5.74) is 2.40. The SMILES string of the molecule is c1ccc(C(OC2CCCCN2CCCc2nn[nH]n2)c2ccccc2)cc1. The summed E-state index contributed by atoms with van der Waals surface area (Å²) in [5, 5.41) is 14.3. The highest BCUT2D eigenvalue weighted by molar-refractivity contribution is 5.30. The van der Waals surface area contributed by atoms with Gasteiger partial charge in [-0.1, -0.05) is 65.9 Å². The molecule has 2 heterocycles. The lowest BCUT2D eigenvalue weighted by Crippen LogP contribution is -2.42. The number of nitrogens with zero attached hydrogens (tertiary/aromatic N) is 4. The Morgan fingerprint density at radius 3 is 2.36 bits per heavy atom. The standard InChI is InChI=1S/C22H27N5O/c1-3-10-18(11-4-1)22(19-12-5-2-6-13-19)28-21-15-7-8-16-27(21)17-9-14-20-23-25-26-24-20/h1-6,10-13,21-22H,7-9,14-17H2,(H,23,24,25,26). The van der Waals surface area contributed by atoms with Crippen LogP contribution < -0.4 is 0 Å². The van der Waals surface area contributed by atoms with E-state index in [0.29, 0.717) is 0 Å². The molecule has 1 atom stereocenters.